The molecule has 1 aromatic rings. The quantitative estimate of drug-likeness (QED) is 0.869. The van der Waals surface area contributed by atoms with Crippen LogP contribution in [0, 0.1) is 6.92 Å². The molecule has 2 fully saturated rings. The summed E-state index contributed by atoms with van der Waals surface area (Å²) in [6.07, 6.45) is 2.07. The maximum Gasteiger partial charge on any atom is 0.317 e. The first-order valence-corrected chi connectivity index (χ1v) is 7.85. The molecule has 1 unspecified atom stereocenters. The van der Waals surface area contributed by atoms with Crippen molar-refractivity contribution in [2.45, 2.75) is 32.4 Å². The number of hydrogen-bond acceptors (Lipinski definition) is 6. The number of carbonyl (C=O) groups excluding carboxylic acids is 1. The Kier molecular flexibility index (Phi) is 4.89. The number of hydrogen-bond donors (Lipinski definition) is 1. The van der Waals surface area contributed by atoms with Crippen LogP contribution in [0.2, 0.25) is 0 Å². The molecule has 0 aliphatic carbocycles. The van der Waals surface area contributed by atoms with Crippen LogP contribution in [-0.2, 0) is 11.3 Å². The van der Waals surface area contributed by atoms with Crippen LogP contribution in [0.5, 0.6) is 0 Å². The van der Waals surface area contributed by atoms with E-state index in [4.69, 9.17) is 9.26 Å². The molecule has 3 rings (SSSR count). The molecular weight excluding hydrogens is 286 g/mol. The van der Waals surface area contributed by atoms with E-state index in [1.807, 2.05) is 4.90 Å². The Bertz CT molecular complexity index is 500. The third kappa shape index (κ3) is 3.95. The van der Waals surface area contributed by atoms with Crippen molar-refractivity contribution in [2.24, 2.45) is 0 Å². The van der Waals surface area contributed by atoms with Crippen LogP contribution < -0.4 is 5.32 Å². The summed E-state index contributed by atoms with van der Waals surface area (Å²) in [5, 5.41) is 7.07. The van der Waals surface area contributed by atoms with Crippen LogP contribution in [-0.4, -0.2) is 71.4 Å². The molecule has 22 heavy (non-hydrogen) atoms. The van der Waals surface area contributed by atoms with Crippen molar-refractivity contribution in [3.8, 4) is 0 Å². The third-order valence-corrected chi connectivity index (χ3v) is 4.07. The van der Waals surface area contributed by atoms with Crippen molar-refractivity contribution >= 4 is 6.03 Å². The SMILES string of the molecule is Cc1nc(CN2CCCC(NC(=O)N3CCOCC3)C2)no1. The molecule has 8 nitrogen and oxygen atoms in total. The van der Waals surface area contributed by atoms with Crippen molar-refractivity contribution < 1.29 is 14.1 Å². The van der Waals surface area contributed by atoms with E-state index in [9.17, 15) is 4.79 Å². The minimum Gasteiger partial charge on any atom is -0.378 e. The topological polar surface area (TPSA) is 83.7 Å². The predicted octanol–water partition coefficient (Wildman–Crippen LogP) is 0.384. The number of likely N-dealkylation sites (tertiary alicyclic amines) is 1. The van der Waals surface area contributed by atoms with Crippen molar-refractivity contribution in [3.05, 3.63) is 11.7 Å². The summed E-state index contributed by atoms with van der Waals surface area (Å²) < 4.78 is 10.3. The van der Waals surface area contributed by atoms with Gasteiger partial charge in [-0.3, -0.25) is 4.90 Å². The van der Waals surface area contributed by atoms with Gasteiger partial charge in [0.1, 0.15) is 0 Å². The largest absolute Gasteiger partial charge is 0.378 e. The van der Waals surface area contributed by atoms with Gasteiger partial charge < -0.3 is 19.5 Å². The van der Waals surface area contributed by atoms with Gasteiger partial charge in [0, 0.05) is 32.6 Å². The molecule has 0 spiro atoms. The van der Waals surface area contributed by atoms with Gasteiger partial charge in [-0.05, 0) is 19.4 Å². The lowest BCUT2D eigenvalue weighted by Crippen LogP contribution is -2.53. The molecule has 8 heteroatoms. The zero-order valence-electron chi connectivity index (χ0n) is 13.0. The molecule has 0 radical (unpaired) electrons. The average Bonchev–Trinajstić information content (AvgIpc) is 2.93. The zero-order chi connectivity index (χ0) is 15.4. The number of aryl methyl sites for hydroxylation is 1. The Labute approximate surface area is 129 Å². The number of urea groups is 1. The summed E-state index contributed by atoms with van der Waals surface area (Å²) in [6.45, 7) is 6.87. The fourth-order valence-corrected chi connectivity index (χ4v) is 2.95. The molecule has 1 N–H and O–H groups in total. The van der Waals surface area contributed by atoms with Gasteiger partial charge in [0.25, 0.3) is 0 Å². The van der Waals surface area contributed by atoms with Crippen LogP contribution in [0.4, 0.5) is 4.79 Å². The highest BCUT2D eigenvalue weighted by atomic mass is 16.5. The maximum atomic E-state index is 12.2. The van der Waals surface area contributed by atoms with Gasteiger partial charge in [-0.2, -0.15) is 4.98 Å². The Morgan fingerprint density at radius 2 is 2.18 bits per heavy atom. The van der Waals surface area contributed by atoms with Gasteiger partial charge in [-0.15, -0.1) is 0 Å². The molecular formula is C14H23N5O3. The van der Waals surface area contributed by atoms with E-state index in [0.29, 0.717) is 44.6 Å². The number of aromatic nitrogens is 2. The van der Waals surface area contributed by atoms with Gasteiger partial charge in [0.05, 0.1) is 19.8 Å². The van der Waals surface area contributed by atoms with Gasteiger partial charge >= 0.3 is 6.03 Å². The second-order valence-electron chi connectivity index (χ2n) is 5.85. The summed E-state index contributed by atoms with van der Waals surface area (Å²) in [5.74, 6) is 1.29. The minimum absolute atomic E-state index is 0.0190. The first-order valence-electron chi connectivity index (χ1n) is 7.85. The molecule has 1 aromatic heterocycles. The number of nitrogens with one attached hydrogen (secondary N) is 1. The summed E-state index contributed by atoms with van der Waals surface area (Å²) in [5.41, 5.74) is 0. The van der Waals surface area contributed by atoms with E-state index in [1.54, 1.807) is 6.92 Å². The molecule has 0 bridgehead atoms. The van der Waals surface area contributed by atoms with Crippen molar-refractivity contribution in [1.82, 2.24) is 25.3 Å². The number of ether oxygens (including phenoxy) is 1. The monoisotopic (exact) mass is 309 g/mol. The molecule has 0 saturated carbocycles. The van der Waals surface area contributed by atoms with Crippen LogP contribution in [0.1, 0.15) is 24.6 Å². The fourth-order valence-electron chi connectivity index (χ4n) is 2.95. The lowest BCUT2D eigenvalue weighted by Gasteiger charge is -2.34. The maximum absolute atomic E-state index is 12.2. The van der Waals surface area contributed by atoms with E-state index in [1.165, 1.54) is 0 Å². The van der Waals surface area contributed by atoms with E-state index in [-0.39, 0.29) is 12.1 Å². The van der Waals surface area contributed by atoms with E-state index >= 15 is 0 Å². The Morgan fingerprint density at radius 3 is 2.91 bits per heavy atom. The molecule has 1 atom stereocenters. The van der Waals surface area contributed by atoms with Gasteiger partial charge in [-0.1, -0.05) is 5.16 Å². The first-order chi connectivity index (χ1) is 10.7. The lowest BCUT2D eigenvalue weighted by atomic mass is 10.1. The summed E-state index contributed by atoms with van der Waals surface area (Å²) >= 11 is 0. The number of carbonyl (C=O) groups is 1. The molecule has 2 aliphatic rings. The van der Waals surface area contributed by atoms with Crippen LogP contribution >= 0.6 is 0 Å². The number of nitrogens with zero attached hydrogens (tertiary/aromatic N) is 4. The smallest absolute Gasteiger partial charge is 0.317 e. The van der Waals surface area contributed by atoms with E-state index < -0.39 is 0 Å². The second-order valence-corrected chi connectivity index (χ2v) is 5.85. The summed E-state index contributed by atoms with van der Waals surface area (Å²) in [4.78, 5) is 20.6. The molecule has 0 aromatic carbocycles. The van der Waals surface area contributed by atoms with Crippen LogP contribution in [0.25, 0.3) is 0 Å². The zero-order valence-corrected chi connectivity index (χ0v) is 13.0. The van der Waals surface area contributed by atoms with Crippen molar-refractivity contribution in [1.29, 1.82) is 0 Å². The molecule has 122 valence electrons. The van der Waals surface area contributed by atoms with Crippen LogP contribution in [0.3, 0.4) is 0 Å². The normalized spacial score (nSPS) is 23.5. The molecule has 3 heterocycles. The highest BCUT2D eigenvalue weighted by Gasteiger charge is 2.25. The highest BCUT2D eigenvalue weighted by molar-refractivity contribution is 5.74. The Balaban J connectivity index is 1.48. The predicted molar refractivity (Wildman–Crippen MR) is 78.3 cm³/mol. The molecule has 2 amide bonds. The minimum atomic E-state index is 0.0190. The van der Waals surface area contributed by atoms with Gasteiger partial charge in [0.15, 0.2) is 5.82 Å². The summed E-state index contributed by atoms with van der Waals surface area (Å²) in [7, 11) is 0. The summed E-state index contributed by atoms with van der Waals surface area (Å²) in [6, 6.07) is 0.197. The van der Waals surface area contributed by atoms with Crippen molar-refractivity contribution in [3.63, 3.8) is 0 Å². The molecule has 2 aliphatic heterocycles. The average molecular weight is 309 g/mol. The Hall–Kier alpha value is -1.67. The Morgan fingerprint density at radius 1 is 1.36 bits per heavy atom. The molecule has 2 saturated heterocycles. The van der Waals surface area contributed by atoms with Gasteiger partial charge in [0.2, 0.25) is 5.89 Å². The standard InChI is InChI=1S/C14H23N5O3/c1-11-15-13(17-22-11)10-18-4-2-3-12(9-18)16-14(20)19-5-7-21-8-6-19/h12H,2-10H2,1H3,(H,16,20). The second kappa shape index (κ2) is 7.06. The van der Waals surface area contributed by atoms with Crippen LogP contribution in [0.15, 0.2) is 4.52 Å². The number of piperidine rings is 1. The van der Waals surface area contributed by atoms with E-state index in [2.05, 4.69) is 20.4 Å². The third-order valence-electron chi connectivity index (χ3n) is 4.07. The number of rotatable bonds is 3. The number of amides is 2. The number of morpholine rings is 1. The fraction of sp³-hybridized carbons (Fsp3) is 0.786. The first kappa shape index (κ1) is 15.2. The van der Waals surface area contributed by atoms with Gasteiger partial charge in [-0.25, -0.2) is 4.79 Å². The van der Waals surface area contributed by atoms with E-state index in [0.717, 1.165) is 25.9 Å². The lowest BCUT2D eigenvalue weighted by molar-refractivity contribution is 0.0513. The highest BCUT2D eigenvalue weighted by Crippen LogP contribution is 2.13. The van der Waals surface area contributed by atoms with Crippen molar-refractivity contribution in [2.75, 3.05) is 39.4 Å².